The van der Waals surface area contributed by atoms with Crippen LogP contribution in [0.2, 0.25) is 0 Å². The van der Waals surface area contributed by atoms with E-state index in [-0.39, 0.29) is 0 Å². The van der Waals surface area contributed by atoms with Crippen molar-refractivity contribution in [2.45, 2.75) is 38.6 Å². The number of hydrogen-bond donors (Lipinski definition) is 2. The van der Waals surface area contributed by atoms with Crippen LogP contribution in [0.1, 0.15) is 44.3 Å². The third-order valence-electron chi connectivity index (χ3n) is 2.67. The van der Waals surface area contributed by atoms with Crippen LogP contribution in [0.3, 0.4) is 0 Å². The number of aliphatic hydroxyl groups is 1. The summed E-state index contributed by atoms with van der Waals surface area (Å²) in [4.78, 5) is 4.31. The average Bonchev–Trinajstić information content (AvgIpc) is 2.34. The van der Waals surface area contributed by atoms with Gasteiger partial charge in [-0.3, -0.25) is 4.98 Å². The number of unbranched alkanes of at least 4 members (excludes halogenated alkanes) is 3. The van der Waals surface area contributed by atoms with Gasteiger partial charge in [0.05, 0.1) is 5.69 Å². The van der Waals surface area contributed by atoms with E-state index in [9.17, 15) is 0 Å². The molecule has 0 aliphatic heterocycles. The first kappa shape index (κ1) is 13.1. The van der Waals surface area contributed by atoms with Crippen LogP contribution >= 0.6 is 0 Å². The molecule has 1 aromatic rings. The zero-order chi connectivity index (χ0) is 11.6. The van der Waals surface area contributed by atoms with Gasteiger partial charge in [-0.1, -0.05) is 18.9 Å². The standard InChI is InChI=1S/C13H22N2O/c1-12(13-8-4-6-10-15-13)14-9-5-2-3-7-11-16/h4,6,8,10,12,14,16H,2-3,5,7,9,11H2,1H3/t12-/m1/s1. The fourth-order valence-corrected chi connectivity index (χ4v) is 1.65. The Morgan fingerprint density at radius 2 is 2.06 bits per heavy atom. The lowest BCUT2D eigenvalue weighted by Gasteiger charge is -2.12. The molecule has 0 fully saturated rings. The molecule has 90 valence electrons. The van der Waals surface area contributed by atoms with Gasteiger partial charge in [-0.25, -0.2) is 0 Å². The first-order chi connectivity index (χ1) is 7.84. The average molecular weight is 222 g/mol. The molecule has 0 aliphatic rings. The second-order valence-corrected chi connectivity index (χ2v) is 4.07. The Labute approximate surface area is 97.9 Å². The molecule has 0 aromatic carbocycles. The Morgan fingerprint density at radius 3 is 2.75 bits per heavy atom. The van der Waals surface area contributed by atoms with Crippen LogP contribution in [0.15, 0.2) is 24.4 Å². The molecule has 0 amide bonds. The molecule has 2 N–H and O–H groups in total. The van der Waals surface area contributed by atoms with Crippen LogP contribution in [-0.2, 0) is 0 Å². The van der Waals surface area contributed by atoms with E-state index in [0.29, 0.717) is 12.6 Å². The molecular weight excluding hydrogens is 200 g/mol. The first-order valence-corrected chi connectivity index (χ1v) is 6.09. The predicted molar refractivity (Wildman–Crippen MR) is 66.2 cm³/mol. The Bertz CT molecular complexity index is 264. The van der Waals surface area contributed by atoms with Crippen molar-refractivity contribution in [2.24, 2.45) is 0 Å². The van der Waals surface area contributed by atoms with Crippen molar-refractivity contribution in [1.82, 2.24) is 10.3 Å². The number of nitrogens with zero attached hydrogens (tertiary/aromatic N) is 1. The molecule has 0 radical (unpaired) electrons. The Kier molecular flexibility index (Phi) is 6.77. The number of pyridine rings is 1. The molecule has 3 nitrogen and oxygen atoms in total. The molecule has 3 heteroatoms. The SMILES string of the molecule is C[C@@H](NCCCCCCO)c1ccccn1. The summed E-state index contributed by atoms with van der Waals surface area (Å²) in [6.45, 7) is 3.47. The van der Waals surface area contributed by atoms with Gasteiger partial charge in [0.15, 0.2) is 0 Å². The van der Waals surface area contributed by atoms with Gasteiger partial charge in [-0.2, -0.15) is 0 Å². The molecule has 0 aliphatic carbocycles. The maximum absolute atomic E-state index is 8.64. The van der Waals surface area contributed by atoms with Gasteiger partial charge in [0.1, 0.15) is 0 Å². The molecule has 0 saturated heterocycles. The van der Waals surface area contributed by atoms with Crippen molar-refractivity contribution in [2.75, 3.05) is 13.2 Å². The summed E-state index contributed by atoms with van der Waals surface area (Å²) in [5.41, 5.74) is 1.10. The van der Waals surface area contributed by atoms with Gasteiger partial charge >= 0.3 is 0 Å². The quantitative estimate of drug-likeness (QED) is 0.663. The highest BCUT2D eigenvalue weighted by atomic mass is 16.2. The summed E-state index contributed by atoms with van der Waals surface area (Å²) in [5.74, 6) is 0. The predicted octanol–water partition coefficient (Wildman–Crippen LogP) is 2.28. The number of aromatic nitrogens is 1. The summed E-state index contributed by atoms with van der Waals surface area (Å²) in [6, 6.07) is 6.31. The molecule has 0 bridgehead atoms. The van der Waals surface area contributed by atoms with Crippen LogP contribution in [0.5, 0.6) is 0 Å². The molecule has 16 heavy (non-hydrogen) atoms. The van der Waals surface area contributed by atoms with E-state index in [4.69, 9.17) is 5.11 Å². The summed E-state index contributed by atoms with van der Waals surface area (Å²) in [5, 5.41) is 12.1. The molecular formula is C13H22N2O. The van der Waals surface area contributed by atoms with E-state index in [1.54, 1.807) is 0 Å². The molecule has 1 aromatic heterocycles. The maximum atomic E-state index is 8.64. The molecule has 0 saturated carbocycles. The van der Waals surface area contributed by atoms with Gasteiger partial charge in [0.2, 0.25) is 0 Å². The second kappa shape index (κ2) is 8.25. The van der Waals surface area contributed by atoms with E-state index in [1.165, 1.54) is 6.42 Å². The highest BCUT2D eigenvalue weighted by Gasteiger charge is 2.03. The third-order valence-corrected chi connectivity index (χ3v) is 2.67. The van der Waals surface area contributed by atoms with E-state index in [0.717, 1.165) is 31.5 Å². The summed E-state index contributed by atoms with van der Waals surface area (Å²) < 4.78 is 0. The van der Waals surface area contributed by atoms with Gasteiger partial charge in [-0.15, -0.1) is 0 Å². The van der Waals surface area contributed by atoms with Crippen molar-refractivity contribution in [3.63, 3.8) is 0 Å². The smallest absolute Gasteiger partial charge is 0.0570 e. The van der Waals surface area contributed by atoms with Crippen molar-refractivity contribution >= 4 is 0 Å². The minimum atomic E-state index is 0.317. The zero-order valence-corrected chi connectivity index (χ0v) is 10.0. The molecule has 1 rings (SSSR count). The minimum Gasteiger partial charge on any atom is -0.396 e. The monoisotopic (exact) mass is 222 g/mol. The van der Waals surface area contributed by atoms with E-state index >= 15 is 0 Å². The number of aliphatic hydroxyl groups excluding tert-OH is 1. The number of rotatable bonds is 8. The van der Waals surface area contributed by atoms with E-state index < -0.39 is 0 Å². The first-order valence-electron chi connectivity index (χ1n) is 6.09. The van der Waals surface area contributed by atoms with Crippen LogP contribution < -0.4 is 5.32 Å². The zero-order valence-electron chi connectivity index (χ0n) is 10.0. The van der Waals surface area contributed by atoms with Gasteiger partial charge in [-0.05, 0) is 38.4 Å². The fourth-order valence-electron chi connectivity index (χ4n) is 1.65. The van der Waals surface area contributed by atoms with Crippen molar-refractivity contribution < 1.29 is 5.11 Å². The Balaban J connectivity index is 2.09. The van der Waals surface area contributed by atoms with Crippen molar-refractivity contribution in [3.8, 4) is 0 Å². The van der Waals surface area contributed by atoms with E-state index in [1.807, 2.05) is 24.4 Å². The normalized spacial score (nSPS) is 12.6. The topological polar surface area (TPSA) is 45.1 Å². The van der Waals surface area contributed by atoms with E-state index in [2.05, 4.69) is 17.2 Å². The van der Waals surface area contributed by atoms with Gasteiger partial charge in [0.25, 0.3) is 0 Å². The second-order valence-electron chi connectivity index (χ2n) is 4.07. The van der Waals surface area contributed by atoms with Crippen LogP contribution in [0, 0.1) is 0 Å². The number of hydrogen-bond acceptors (Lipinski definition) is 3. The summed E-state index contributed by atoms with van der Waals surface area (Å²) >= 11 is 0. The summed E-state index contributed by atoms with van der Waals surface area (Å²) in [7, 11) is 0. The Hall–Kier alpha value is -0.930. The van der Waals surface area contributed by atoms with Crippen LogP contribution in [0.4, 0.5) is 0 Å². The van der Waals surface area contributed by atoms with Gasteiger partial charge < -0.3 is 10.4 Å². The fraction of sp³-hybridized carbons (Fsp3) is 0.615. The maximum Gasteiger partial charge on any atom is 0.0570 e. The largest absolute Gasteiger partial charge is 0.396 e. The third kappa shape index (κ3) is 5.24. The summed E-state index contributed by atoms with van der Waals surface area (Å²) in [6.07, 6.45) is 6.22. The van der Waals surface area contributed by atoms with Crippen molar-refractivity contribution in [1.29, 1.82) is 0 Å². The number of nitrogens with one attached hydrogen (secondary N) is 1. The molecule has 1 heterocycles. The molecule has 1 atom stereocenters. The molecule has 0 spiro atoms. The Morgan fingerprint density at radius 1 is 1.25 bits per heavy atom. The lowest BCUT2D eigenvalue weighted by Crippen LogP contribution is -2.20. The highest BCUT2D eigenvalue weighted by Crippen LogP contribution is 2.08. The lowest BCUT2D eigenvalue weighted by molar-refractivity contribution is 0.282. The van der Waals surface area contributed by atoms with Gasteiger partial charge in [0, 0.05) is 18.8 Å². The van der Waals surface area contributed by atoms with Crippen LogP contribution in [0.25, 0.3) is 0 Å². The minimum absolute atomic E-state index is 0.317. The highest BCUT2D eigenvalue weighted by molar-refractivity contribution is 5.07. The van der Waals surface area contributed by atoms with Crippen molar-refractivity contribution in [3.05, 3.63) is 30.1 Å². The lowest BCUT2D eigenvalue weighted by atomic mass is 10.1. The molecule has 0 unspecified atom stereocenters. The van der Waals surface area contributed by atoms with Crippen LogP contribution in [-0.4, -0.2) is 23.2 Å².